The summed E-state index contributed by atoms with van der Waals surface area (Å²) in [5.41, 5.74) is 0.603. The highest BCUT2D eigenvalue weighted by Crippen LogP contribution is 2.13. The Morgan fingerprint density at radius 1 is 1.57 bits per heavy atom. The minimum atomic E-state index is 0.468. The molecule has 0 N–H and O–H groups in total. The molecule has 0 aliphatic carbocycles. The maximum atomic E-state index is 8.62. The molecule has 1 aromatic heterocycles. The Morgan fingerprint density at radius 2 is 2.29 bits per heavy atom. The van der Waals surface area contributed by atoms with Crippen molar-refractivity contribution in [2.75, 3.05) is 11.9 Å². The lowest BCUT2D eigenvalue weighted by atomic mass is 10.2. The first-order chi connectivity index (χ1) is 6.69. The molecule has 0 saturated carbocycles. The Bertz CT molecular complexity index is 323. The van der Waals surface area contributed by atoms with Crippen molar-refractivity contribution in [3.8, 4) is 6.07 Å². The largest absolute Gasteiger partial charge is 0.357 e. The second-order valence-electron chi connectivity index (χ2n) is 3.39. The first-order valence-electron chi connectivity index (χ1n) is 4.78. The van der Waals surface area contributed by atoms with Crippen molar-refractivity contribution >= 4 is 5.82 Å². The zero-order chi connectivity index (χ0) is 10.6. The van der Waals surface area contributed by atoms with Gasteiger partial charge in [0.2, 0.25) is 0 Å². The number of aromatic nitrogens is 1. The molecule has 14 heavy (non-hydrogen) atoms. The molecule has 0 saturated heterocycles. The predicted molar refractivity (Wildman–Crippen MR) is 57.1 cm³/mol. The van der Waals surface area contributed by atoms with Crippen molar-refractivity contribution in [2.45, 2.75) is 26.3 Å². The highest BCUT2D eigenvalue weighted by Gasteiger charge is 2.08. The molecule has 1 heterocycles. The predicted octanol–water partition coefficient (Wildman–Crippen LogP) is 2.19. The lowest BCUT2D eigenvalue weighted by Crippen LogP contribution is -2.28. The summed E-state index contributed by atoms with van der Waals surface area (Å²) in [7, 11) is 2.02. The molecule has 1 rings (SSSR count). The van der Waals surface area contributed by atoms with Crippen LogP contribution in [0.25, 0.3) is 0 Å². The molecule has 0 bridgehead atoms. The number of rotatable bonds is 3. The fourth-order valence-corrected chi connectivity index (χ4v) is 1.16. The second-order valence-corrected chi connectivity index (χ2v) is 3.39. The zero-order valence-electron chi connectivity index (χ0n) is 8.86. The van der Waals surface area contributed by atoms with E-state index in [1.165, 1.54) is 0 Å². The van der Waals surface area contributed by atoms with Crippen molar-refractivity contribution in [3.05, 3.63) is 23.9 Å². The molecule has 1 aromatic rings. The van der Waals surface area contributed by atoms with Crippen LogP contribution in [0.3, 0.4) is 0 Å². The van der Waals surface area contributed by atoms with Crippen LogP contribution in [0.5, 0.6) is 0 Å². The molecule has 1 atom stereocenters. The van der Waals surface area contributed by atoms with E-state index >= 15 is 0 Å². The molecule has 0 aromatic carbocycles. The van der Waals surface area contributed by atoms with E-state index in [0.29, 0.717) is 11.6 Å². The van der Waals surface area contributed by atoms with Crippen molar-refractivity contribution in [1.29, 1.82) is 5.26 Å². The molecule has 0 fully saturated rings. The van der Waals surface area contributed by atoms with Crippen LogP contribution < -0.4 is 4.90 Å². The van der Waals surface area contributed by atoms with Gasteiger partial charge < -0.3 is 4.90 Å². The Kier molecular flexibility index (Phi) is 3.47. The van der Waals surface area contributed by atoms with Gasteiger partial charge in [-0.3, -0.25) is 0 Å². The number of hydrogen-bond acceptors (Lipinski definition) is 3. The summed E-state index contributed by atoms with van der Waals surface area (Å²) in [6.07, 6.45) is 2.69. The first kappa shape index (κ1) is 10.5. The first-order valence-corrected chi connectivity index (χ1v) is 4.78. The summed E-state index contributed by atoms with van der Waals surface area (Å²) in [6.45, 7) is 4.30. The number of pyridine rings is 1. The molecule has 0 aliphatic heterocycles. The second kappa shape index (κ2) is 4.61. The number of nitrogens with zero attached hydrogens (tertiary/aromatic N) is 3. The molecule has 0 spiro atoms. The molecule has 0 amide bonds. The van der Waals surface area contributed by atoms with Gasteiger partial charge in [-0.15, -0.1) is 0 Å². The van der Waals surface area contributed by atoms with Gasteiger partial charge in [0.15, 0.2) is 0 Å². The minimum absolute atomic E-state index is 0.468. The van der Waals surface area contributed by atoms with Gasteiger partial charge in [-0.1, -0.05) is 6.92 Å². The number of nitriles is 1. The van der Waals surface area contributed by atoms with Gasteiger partial charge >= 0.3 is 0 Å². The topological polar surface area (TPSA) is 39.9 Å². The Hall–Kier alpha value is -1.56. The highest BCUT2D eigenvalue weighted by molar-refractivity contribution is 5.41. The number of anilines is 1. The van der Waals surface area contributed by atoms with Gasteiger partial charge in [-0.2, -0.15) is 5.26 Å². The third-order valence-electron chi connectivity index (χ3n) is 2.49. The zero-order valence-corrected chi connectivity index (χ0v) is 8.86. The van der Waals surface area contributed by atoms with Crippen LogP contribution in [0.15, 0.2) is 18.3 Å². The third-order valence-corrected chi connectivity index (χ3v) is 2.49. The average Bonchev–Trinajstić information content (AvgIpc) is 2.27. The van der Waals surface area contributed by atoms with Gasteiger partial charge in [-0.25, -0.2) is 4.98 Å². The SMILES string of the molecule is CCC(C)N(C)c1ccc(C#N)cn1. The summed E-state index contributed by atoms with van der Waals surface area (Å²) in [6, 6.07) is 6.20. The van der Waals surface area contributed by atoms with E-state index in [1.807, 2.05) is 13.1 Å². The van der Waals surface area contributed by atoms with Crippen LogP contribution >= 0.6 is 0 Å². The van der Waals surface area contributed by atoms with Crippen molar-refractivity contribution in [2.24, 2.45) is 0 Å². The Morgan fingerprint density at radius 3 is 2.71 bits per heavy atom. The fourth-order valence-electron chi connectivity index (χ4n) is 1.16. The lowest BCUT2D eigenvalue weighted by Gasteiger charge is -2.24. The maximum Gasteiger partial charge on any atom is 0.128 e. The van der Waals surface area contributed by atoms with Gasteiger partial charge in [0, 0.05) is 19.3 Å². The van der Waals surface area contributed by atoms with Crippen LogP contribution in [-0.2, 0) is 0 Å². The Labute approximate surface area is 85.0 Å². The van der Waals surface area contributed by atoms with E-state index in [2.05, 4.69) is 29.8 Å². The van der Waals surface area contributed by atoms with Crippen molar-refractivity contribution in [1.82, 2.24) is 4.98 Å². The average molecular weight is 189 g/mol. The van der Waals surface area contributed by atoms with E-state index in [0.717, 1.165) is 12.2 Å². The monoisotopic (exact) mass is 189 g/mol. The van der Waals surface area contributed by atoms with E-state index in [-0.39, 0.29) is 0 Å². The van der Waals surface area contributed by atoms with E-state index < -0.39 is 0 Å². The quantitative estimate of drug-likeness (QED) is 0.731. The van der Waals surface area contributed by atoms with E-state index in [4.69, 9.17) is 5.26 Å². The molecule has 3 nitrogen and oxygen atoms in total. The normalized spacial score (nSPS) is 11.9. The standard InChI is InChI=1S/C11H15N3/c1-4-9(2)14(3)11-6-5-10(7-12)8-13-11/h5-6,8-9H,4H2,1-3H3. The van der Waals surface area contributed by atoms with E-state index in [9.17, 15) is 0 Å². The van der Waals surface area contributed by atoms with Crippen LogP contribution in [0.2, 0.25) is 0 Å². The van der Waals surface area contributed by atoms with Gasteiger partial charge in [0.25, 0.3) is 0 Å². The maximum absolute atomic E-state index is 8.62. The molecule has 1 unspecified atom stereocenters. The van der Waals surface area contributed by atoms with Gasteiger partial charge in [-0.05, 0) is 25.5 Å². The molecule has 3 heteroatoms. The van der Waals surface area contributed by atoms with Crippen LogP contribution in [0.1, 0.15) is 25.8 Å². The summed E-state index contributed by atoms with van der Waals surface area (Å²) < 4.78 is 0. The highest BCUT2D eigenvalue weighted by atomic mass is 15.2. The lowest BCUT2D eigenvalue weighted by molar-refractivity contribution is 0.657. The molecular weight excluding hydrogens is 174 g/mol. The van der Waals surface area contributed by atoms with Crippen LogP contribution in [0.4, 0.5) is 5.82 Å². The number of hydrogen-bond donors (Lipinski definition) is 0. The van der Waals surface area contributed by atoms with Crippen LogP contribution in [-0.4, -0.2) is 18.1 Å². The molecule has 0 aliphatic rings. The Balaban J connectivity index is 2.82. The fraction of sp³-hybridized carbons (Fsp3) is 0.455. The van der Waals surface area contributed by atoms with Crippen LogP contribution in [0, 0.1) is 11.3 Å². The molecule has 74 valence electrons. The molecule has 0 radical (unpaired) electrons. The van der Waals surface area contributed by atoms with Gasteiger partial charge in [0.05, 0.1) is 5.56 Å². The summed E-state index contributed by atoms with van der Waals surface area (Å²) >= 11 is 0. The van der Waals surface area contributed by atoms with Gasteiger partial charge in [0.1, 0.15) is 11.9 Å². The third kappa shape index (κ3) is 2.23. The van der Waals surface area contributed by atoms with Crippen molar-refractivity contribution in [3.63, 3.8) is 0 Å². The minimum Gasteiger partial charge on any atom is -0.357 e. The van der Waals surface area contributed by atoms with Crippen molar-refractivity contribution < 1.29 is 0 Å². The summed E-state index contributed by atoms with van der Waals surface area (Å²) in [5.74, 6) is 0.915. The molecular formula is C11H15N3. The van der Waals surface area contributed by atoms with E-state index in [1.54, 1.807) is 12.3 Å². The smallest absolute Gasteiger partial charge is 0.128 e. The summed E-state index contributed by atoms with van der Waals surface area (Å²) in [4.78, 5) is 6.33. The summed E-state index contributed by atoms with van der Waals surface area (Å²) in [5, 5.41) is 8.62.